The van der Waals surface area contributed by atoms with Gasteiger partial charge < -0.3 is 5.32 Å². The second-order valence-corrected chi connectivity index (χ2v) is 7.07. The van der Waals surface area contributed by atoms with Crippen LogP contribution in [0.2, 0.25) is 0 Å². The zero-order valence-electron chi connectivity index (χ0n) is 13.8. The summed E-state index contributed by atoms with van der Waals surface area (Å²) in [6, 6.07) is 7.95. The normalized spacial score (nSPS) is 27.0. The first kappa shape index (κ1) is 15.5. The molecule has 1 aliphatic heterocycles. The number of piperidine rings is 1. The molecule has 3 atom stereocenters. The van der Waals surface area contributed by atoms with Gasteiger partial charge in [0.05, 0.1) is 6.04 Å². The van der Waals surface area contributed by atoms with E-state index in [0.29, 0.717) is 0 Å². The maximum atomic E-state index is 12.6. The lowest BCUT2D eigenvalue weighted by Crippen LogP contribution is -2.50. The van der Waals surface area contributed by atoms with Crippen molar-refractivity contribution >= 4 is 11.6 Å². The van der Waals surface area contributed by atoms with Crippen LogP contribution in [0.3, 0.4) is 0 Å². The van der Waals surface area contributed by atoms with Crippen molar-refractivity contribution in [1.82, 2.24) is 4.90 Å². The third-order valence-corrected chi connectivity index (χ3v) is 5.65. The molecule has 2 aliphatic rings. The number of carbonyl (C=O) groups excluding carboxylic acids is 1. The van der Waals surface area contributed by atoms with Crippen LogP contribution >= 0.6 is 0 Å². The predicted octanol–water partition coefficient (Wildman–Crippen LogP) is 3.83. The van der Waals surface area contributed by atoms with E-state index in [4.69, 9.17) is 0 Å². The largest absolute Gasteiger partial charge is 0.324 e. The fourth-order valence-corrected chi connectivity index (χ4v) is 4.10. The Bertz CT molecular complexity index is 528. The lowest BCUT2D eigenvalue weighted by atomic mass is 9.75. The summed E-state index contributed by atoms with van der Waals surface area (Å²) in [4.78, 5) is 15.0. The third kappa shape index (κ3) is 3.35. The van der Waals surface area contributed by atoms with Gasteiger partial charge in [-0.25, -0.2) is 0 Å². The molecule has 1 saturated carbocycles. The number of anilines is 1. The standard InChI is InChI=1S/C19H28N2O/c1-14-7-3-6-10-18(14)20-19(22)15(2)21-12-11-16-8-4-5-9-17(16)13-21/h3,6-7,10,15-17H,4-5,8-9,11-13H2,1-2H3,(H,20,22)/t15-,16-,17+/m0/s1. The number of carbonyl (C=O) groups is 1. The molecule has 120 valence electrons. The van der Waals surface area contributed by atoms with Crippen LogP contribution in [-0.2, 0) is 4.79 Å². The number of benzene rings is 1. The van der Waals surface area contributed by atoms with Gasteiger partial charge in [0.1, 0.15) is 0 Å². The van der Waals surface area contributed by atoms with E-state index < -0.39 is 0 Å². The molecule has 1 N–H and O–H groups in total. The molecule has 0 unspecified atom stereocenters. The van der Waals surface area contributed by atoms with E-state index in [0.717, 1.165) is 36.2 Å². The van der Waals surface area contributed by atoms with Crippen LogP contribution in [0, 0.1) is 18.8 Å². The van der Waals surface area contributed by atoms with Crippen molar-refractivity contribution in [3.8, 4) is 0 Å². The van der Waals surface area contributed by atoms with Crippen LogP contribution in [0.15, 0.2) is 24.3 Å². The van der Waals surface area contributed by atoms with Crippen molar-refractivity contribution in [2.24, 2.45) is 11.8 Å². The highest BCUT2D eigenvalue weighted by Crippen LogP contribution is 2.36. The summed E-state index contributed by atoms with van der Waals surface area (Å²) >= 11 is 0. The summed E-state index contributed by atoms with van der Waals surface area (Å²) in [7, 11) is 0. The molecule has 3 heteroatoms. The van der Waals surface area contributed by atoms with Crippen molar-refractivity contribution in [3.63, 3.8) is 0 Å². The molecule has 2 fully saturated rings. The molecule has 0 spiro atoms. The second-order valence-electron chi connectivity index (χ2n) is 7.07. The number of aryl methyl sites for hydroxylation is 1. The Morgan fingerprint density at radius 2 is 1.91 bits per heavy atom. The summed E-state index contributed by atoms with van der Waals surface area (Å²) in [5.41, 5.74) is 2.06. The zero-order valence-corrected chi connectivity index (χ0v) is 13.8. The van der Waals surface area contributed by atoms with Gasteiger partial charge >= 0.3 is 0 Å². The predicted molar refractivity (Wildman–Crippen MR) is 90.9 cm³/mol. The van der Waals surface area contributed by atoms with E-state index in [1.54, 1.807) is 0 Å². The molecule has 3 nitrogen and oxygen atoms in total. The number of fused-ring (bicyclic) bond motifs is 1. The molecule has 1 aliphatic carbocycles. The Kier molecular flexibility index (Phi) is 4.82. The number of hydrogen-bond acceptors (Lipinski definition) is 2. The highest BCUT2D eigenvalue weighted by molar-refractivity contribution is 5.95. The van der Waals surface area contributed by atoms with Crippen molar-refractivity contribution in [3.05, 3.63) is 29.8 Å². The average molecular weight is 300 g/mol. The molecule has 0 aromatic heterocycles. The van der Waals surface area contributed by atoms with Crippen LogP contribution in [0.4, 0.5) is 5.69 Å². The Morgan fingerprint density at radius 3 is 2.68 bits per heavy atom. The Hall–Kier alpha value is -1.35. The number of para-hydroxylation sites is 1. The van der Waals surface area contributed by atoms with E-state index in [1.165, 1.54) is 32.1 Å². The van der Waals surface area contributed by atoms with E-state index in [-0.39, 0.29) is 11.9 Å². The van der Waals surface area contributed by atoms with Gasteiger partial charge in [0.2, 0.25) is 5.91 Å². The van der Waals surface area contributed by atoms with Gasteiger partial charge in [-0.1, -0.05) is 37.5 Å². The average Bonchev–Trinajstić information content (AvgIpc) is 2.55. The highest BCUT2D eigenvalue weighted by Gasteiger charge is 2.34. The molecule has 1 amide bonds. The lowest BCUT2D eigenvalue weighted by molar-refractivity contribution is -0.122. The Labute approximate surface area is 134 Å². The summed E-state index contributed by atoms with van der Waals surface area (Å²) < 4.78 is 0. The van der Waals surface area contributed by atoms with E-state index >= 15 is 0 Å². The third-order valence-electron chi connectivity index (χ3n) is 5.65. The molecule has 1 heterocycles. The minimum atomic E-state index is -0.0394. The van der Waals surface area contributed by atoms with Crippen molar-refractivity contribution < 1.29 is 4.79 Å². The van der Waals surface area contributed by atoms with Crippen LogP contribution < -0.4 is 5.32 Å². The monoisotopic (exact) mass is 300 g/mol. The summed E-state index contributed by atoms with van der Waals surface area (Å²) in [5.74, 6) is 1.86. The number of hydrogen-bond donors (Lipinski definition) is 1. The summed E-state index contributed by atoms with van der Waals surface area (Å²) in [6.07, 6.45) is 6.81. The summed E-state index contributed by atoms with van der Waals surface area (Å²) in [5, 5.41) is 3.10. The smallest absolute Gasteiger partial charge is 0.241 e. The second kappa shape index (κ2) is 6.82. The van der Waals surface area contributed by atoms with E-state index in [9.17, 15) is 4.79 Å². The van der Waals surface area contributed by atoms with Gasteiger partial charge in [-0.3, -0.25) is 9.69 Å². The highest BCUT2D eigenvalue weighted by atomic mass is 16.2. The maximum absolute atomic E-state index is 12.6. The SMILES string of the molecule is Cc1ccccc1NC(=O)[C@H](C)N1CC[C@@H]2CCCC[C@@H]2C1. The molecule has 22 heavy (non-hydrogen) atoms. The Morgan fingerprint density at radius 1 is 1.18 bits per heavy atom. The molecule has 0 radical (unpaired) electrons. The molecular formula is C19H28N2O. The van der Waals surface area contributed by atoms with Crippen molar-refractivity contribution in [1.29, 1.82) is 0 Å². The van der Waals surface area contributed by atoms with Gasteiger partial charge in [0, 0.05) is 12.2 Å². The van der Waals surface area contributed by atoms with Crippen LogP contribution in [0.25, 0.3) is 0 Å². The summed E-state index contributed by atoms with van der Waals surface area (Å²) in [6.45, 7) is 6.26. The molecule has 1 aromatic rings. The first-order valence-corrected chi connectivity index (χ1v) is 8.75. The first-order chi connectivity index (χ1) is 10.6. The fourth-order valence-electron chi connectivity index (χ4n) is 4.10. The minimum Gasteiger partial charge on any atom is -0.324 e. The fraction of sp³-hybridized carbons (Fsp3) is 0.632. The Balaban J connectivity index is 1.60. The number of likely N-dealkylation sites (tertiary alicyclic amines) is 1. The maximum Gasteiger partial charge on any atom is 0.241 e. The molecule has 1 aromatic carbocycles. The number of rotatable bonds is 3. The minimum absolute atomic E-state index is 0.0394. The quantitative estimate of drug-likeness (QED) is 0.920. The molecular weight excluding hydrogens is 272 g/mol. The van der Waals surface area contributed by atoms with Crippen molar-refractivity contribution in [2.75, 3.05) is 18.4 Å². The molecule has 1 saturated heterocycles. The van der Waals surface area contributed by atoms with Crippen LogP contribution in [0.5, 0.6) is 0 Å². The van der Waals surface area contributed by atoms with Gasteiger partial charge in [-0.2, -0.15) is 0 Å². The number of nitrogens with zero attached hydrogens (tertiary/aromatic N) is 1. The lowest BCUT2D eigenvalue weighted by Gasteiger charge is -2.43. The number of nitrogens with one attached hydrogen (secondary N) is 1. The first-order valence-electron chi connectivity index (χ1n) is 8.75. The van der Waals surface area contributed by atoms with E-state index in [1.807, 2.05) is 31.2 Å². The zero-order chi connectivity index (χ0) is 15.5. The topological polar surface area (TPSA) is 32.3 Å². The molecule has 3 rings (SSSR count). The van der Waals surface area contributed by atoms with E-state index in [2.05, 4.69) is 17.1 Å². The van der Waals surface area contributed by atoms with Gasteiger partial charge in [-0.05, 0) is 56.7 Å². The van der Waals surface area contributed by atoms with Crippen molar-refractivity contribution in [2.45, 2.75) is 52.0 Å². The van der Waals surface area contributed by atoms with Crippen LogP contribution in [0.1, 0.15) is 44.6 Å². The number of amides is 1. The van der Waals surface area contributed by atoms with Gasteiger partial charge in [-0.15, -0.1) is 0 Å². The van der Waals surface area contributed by atoms with Gasteiger partial charge in [0.15, 0.2) is 0 Å². The molecule has 0 bridgehead atoms. The van der Waals surface area contributed by atoms with Gasteiger partial charge in [0.25, 0.3) is 0 Å². The van der Waals surface area contributed by atoms with Crippen LogP contribution in [-0.4, -0.2) is 29.9 Å².